The molecule has 1 aromatic rings. The molecule has 0 amide bonds. The molecule has 1 aliphatic heterocycles. The Kier molecular flexibility index (Phi) is 3.01. The first-order valence-corrected chi connectivity index (χ1v) is 4.02. The van der Waals surface area contributed by atoms with Gasteiger partial charge in [-0.1, -0.05) is 0 Å². The number of rotatable bonds is 1. The third kappa shape index (κ3) is 1.87. The summed E-state index contributed by atoms with van der Waals surface area (Å²) in [6.07, 6.45) is 1.02. The summed E-state index contributed by atoms with van der Waals surface area (Å²) in [6, 6.07) is 4.83. The topological polar surface area (TPSA) is 52.5 Å². The van der Waals surface area contributed by atoms with Crippen LogP contribution in [-0.4, -0.2) is 16.8 Å². The second-order valence-electron chi connectivity index (χ2n) is 3.04. The zero-order valence-electron chi connectivity index (χ0n) is 7.03. The van der Waals surface area contributed by atoms with Crippen LogP contribution in [-0.2, 0) is 0 Å². The number of phenolic OH excluding ortho intramolecular Hbond substituents is 2. The molecule has 0 radical (unpaired) electrons. The van der Waals surface area contributed by atoms with Crippen molar-refractivity contribution in [2.45, 2.75) is 12.5 Å². The van der Waals surface area contributed by atoms with Crippen molar-refractivity contribution in [2.75, 3.05) is 6.54 Å². The zero-order valence-corrected chi connectivity index (χ0v) is 7.84. The van der Waals surface area contributed by atoms with E-state index in [0.29, 0.717) is 0 Å². The van der Waals surface area contributed by atoms with Crippen LogP contribution in [0.2, 0.25) is 0 Å². The van der Waals surface area contributed by atoms with Crippen LogP contribution in [0.5, 0.6) is 11.5 Å². The van der Waals surface area contributed by atoms with E-state index in [1.165, 1.54) is 12.1 Å². The predicted molar refractivity (Wildman–Crippen MR) is 52.4 cm³/mol. The lowest BCUT2D eigenvalue weighted by atomic mass is 9.97. The molecular weight excluding hydrogens is 190 g/mol. The minimum absolute atomic E-state index is 0. The molecule has 0 aliphatic carbocycles. The lowest BCUT2D eigenvalue weighted by Gasteiger charge is -2.28. The maximum absolute atomic E-state index is 9.42. The molecule has 4 heteroatoms. The van der Waals surface area contributed by atoms with Crippen molar-refractivity contribution in [2.24, 2.45) is 0 Å². The molecule has 2 rings (SSSR count). The van der Waals surface area contributed by atoms with Crippen LogP contribution in [0.4, 0.5) is 0 Å². The molecule has 0 aromatic heterocycles. The number of nitrogens with one attached hydrogen (secondary N) is 1. The van der Waals surface area contributed by atoms with Crippen molar-refractivity contribution < 1.29 is 10.2 Å². The van der Waals surface area contributed by atoms with Crippen molar-refractivity contribution in [1.82, 2.24) is 5.32 Å². The van der Waals surface area contributed by atoms with Crippen LogP contribution in [0.15, 0.2) is 18.2 Å². The second kappa shape index (κ2) is 3.85. The Bertz CT molecular complexity index is 300. The van der Waals surface area contributed by atoms with Gasteiger partial charge >= 0.3 is 0 Å². The van der Waals surface area contributed by atoms with Crippen molar-refractivity contribution in [3.63, 3.8) is 0 Å². The number of hydrogen-bond donors (Lipinski definition) is 3. The second-order valence-corrected chi connectivity index (χ2v) is 3.04. The molecule has 1 fully saturated rings. The smallest absolute Gasteiger partial charge is 0.120 e. The van der Waals surface area contributed by atoms with Gasteiger partial charge in [0.15, 0.2) is 0 Å². The van der Waals surface area contributed by atoms with Crippen molar-refractivity contribution in [1.29, 1.82) is 0 Å². The number of hydrogen-bond acceptors (Lipinski definition) is 3. The lowest BCUT2D eigenvalue weighted by molar-refractivity contribution is 0.362. The highest BCUT2D eigenvalue weighted by Gasteiger charge is 2.21. The summed E-state index contributed by atoms with van der Waals surface area (Å²) in [6.45, 7) is 0.986. The molecule has 3 N–H and O–H groups in total. The molecule has 0 bridgehead atoms. The monoisotopic (exact) mass is 201 g/mol. The first-order valence-electron chi connectivity index (χ1n) is 4.02. The van der Waals surface area contributed by atoms with E-state index < -0.39 is 0 Å². The molecule has 1 atom stereocenters. The van der Waals surface area contributed by atoms with Crippen molar-refractivity contribution >= 4 is 12.4 Å². The SMILES string of the molecule is Cl.Oc1ccc(O)c([C@@H]2CCN2)c1. The third-order valence-electron chi connectivity index (χ3n) is 2.21. The molecule has 13 heavy (non-hydrogen) atoms. The van der Waals surface area contributed by atoms with Crippen LogP contribution >= 0.6 is 12.4 Å². The van der Waals surface area contributed by atoms with Gasteiger partial charge < -0.3 is 15.5 Å². The third-order valence-corrected chi connectivity index (χ3v) is 2.21. The van der Waals surface area contributed by atoms with E-state index >= 15 is 0 Å². The van der Waals surface area contributed by atoms with E-state index in [4.69, 9.17) is 5.11 Å². The Balaban J connectivity index is 0.000000845. The molecule has 0 saturated carbocycles. The van der Waals surface area contributed by atoms with E-state index in [1.807, 2.05) is 0 Å². The molecule has 0 spiro atoms. The summed E-state index contributed by atoms with van der Waals surface area (Å²) in [5.41, 5.74) is 0.793. The molecular formula is C9H12ClNO2. The van der Waals surface area contributed by atoms with Crippen LogP contribution in [0, 0.1) is 0 Å². The summed E-state index contributed by atoms with van der Waals surface area (Å²) in [4.78, 5) is 0. The van der Waals surface area contributed by atoms with Crippen molar-refractivity contribution in [3.8, 4) is 11.5 Å². The highest BCUT2D eigenvalue weighted by atomic mass is 35.5. The van der Waals surface area contributed by atoms with Crippen LogP contribution in [0.1, 0.15) is 18.0 Å². The highest BCUT2D eigenvalue weighted by molar-refractivity contribution is 5.85. The molecule has 0 unspecified atom stereocenters. The maximum atomic E-state index is 9.42. The summed E-state index contributed by atoms with van der Waals surface area (Å²) in [5.74, 6) is 0.460. The van der Waals surface area contributed by atoms with E-state index in [9.17, 15) is 5.11 Å². The van der Waals surface area contributed by atoms with Crippen LogP contribution in [0.25, 0.3) is 0 Å². The van der Waals surface area contributed by atoms with Gasteiger partial charge in [0, 0.05) is 11.6 Å². The van der Waals surface area contributed by atoms with E-state index in [-0.39, 0.29) is 29.9 Å². The number of phenols is 2. The van der Waals surface area contributed by atoms with Gasteiger partial charge in [-0.25, -0.2) is 0 Å². The number of halogens is 1. The Morgan fingerprint density at radius 3 is 2.54 bits per heavy atom. The van der Waals surface area contributed by atoms with Gasteiger partial charge in [0.1, 0.15) is 11.5 Å². The standard InChI is InChI=1S/C9H11NO2.ClH/c11-6-1-2-9(12)7(5-6)8-3-4-10-8;/h1-2,5,8,10-12H,3-4H2;1H/t8-;/m0./s1. The molecule has 72 valence electrons. The van der Waals surface area contributed by atoms with Gasteiger partial charge in [-0.15, -0.1) is 12.4 Å². The summed E-state index contributed by atoms with van der Waals surface area (Å²) in [7, 11) is 0. The van der Waals surface area contributed by atoms with E-state index in [2.05, 4.69) is 5.32 Å². The average Bonchev–Trinajstić information content (AvgIpc) is 1.93. The van der Waals surface area contributed by atoms with E-state index in [0.717, 1.165) is 18.5 Å². The fraction of sp³-hybridized carbons (Fsp3) is 0.333. The first-order chi connectivity index (χ1) is 5.77. The minimum atomic E-state index is 0. The van der Waals surface area contributed by atoms with Gasteiger partial charge in [-0.3, -0.25) is 0 Å². The maximum Gasteiger partial charge on any atom is 0.120 e. The molecule has 3 nitrogen and oxygen atoms in total. The van der Waals surface area contributed by atoms with Crippen LogP contribution < -0.4 is 5.32 Å². The van der Waals surface area contributed by atoms with Gasteiger partial charge in [0.05, 0.1) is 0 Å². The average molecular weight is 202 g/mol. The van der Waals surface area contributed by atoms with Gasteiger partial charge in [-0.05, 0) is 31.2 Å². The van der Waals surface area contributed by atoms with E-state index in [1.54, 1.807) is 6.07 Å². The largest absolute Gasteiger partial charge is 0.508 e. The van der Waals surface area contributed by atoms with Gasteiger partial charge in [0.25, 0.3) is 0 Å². The predicted octanol–water partition coefficient (Wildman–Crippen LogP) is 1.55. The normalized spacial score (nSPS) is 20.2. The number of benzene rings is 1. The molecule has 1 aliphatic rings. The van der Waals surface area contributed by atoms with Gasteiger partial charge in [-0.2, -0.15) is 0 Å². The lowest BCUT2D eigenvalue weighted by Crippen LogP contribution is -2.34. The number of aromatic hydroxyl groups is 2. The fourth-order valence-electron chi connectivity index (χ4n) is 1.38. The van der Waals surface area contributed by atoms with Gasteiger partial charge in [0.2, 0.25) is 0 Å². The van der Waals surface area contributed by atoms with Crippen LogP contribution in [0.3, 0.4) is 0 Å². The molecule has 1 aromatic carbocycles. The summed E-state index contributed by atoms with van der Waals surface area (Å²) in [5, 5.41) is 21.7. The summed E-state index contributed by atoms with van der Waals surface area (Å²) >= 11 is 0. The Morgan fingerprint density at radius 2 is 2.00 bits per heavy atom. The minimum Gasteiger partial charge on any atom is -0.508 e. The Hall–Kier alpha value is -0.930. The fourth-order valence-corrected chi connectivity index (χ4v) is 1.38. The Labute approximate surface area is 82.8 Å². The Morgan fingerprint density at radius 1 is 1.31 bits per heavy atom. The zero-order chi connectivity index (χ0) is 8.55. The summed E-state index contributed by atoms with van der Waals surface area (Å²) < 4.78 is 0. The first kappa shape index (κ1) is 10.2. The molecule has 1 saturated heterocycles. The highest BCUT2D eigenvalue weighted by Crippen LogP contribution is 2.32. The van der Waals surface area contributed by atoms with Crippen molar-refractivity contribution in [3.05, 3.63) is 23.8 Å². The molecule has 1 heterocycles. The quantitative estimate of drug-likeness (QED) is 0.605.